The van der Waals surface area contributed by atoms with Crippen LogP contribution in [0.25, 0.3) is 0 Å². The van der Waals surface area contributed by atoms with Gasteiger partial charge >= 0.3 is 0 Å². The summed E-state index contributed by atoms with van der Waals surface area (Å²) >= 11 is 9.16. The predicted molar refractivity (Wildman–Crippen MR) is 66.0 cm³/mol. The highest BCUT2D eigenvalue weighted by Crippen LogP contribution is 2.22. The monoisotopic (exact) mass is 314 g/mol. The molecule has 1 aromatic heterocycles. The van der Waals surface area contributed by atoms with Gasteiger partial charge in [0.1, 0.15) is 0 Å². The molecular formula is C10H8BrClN4O. The molecule has 0 unspecified atom stereocenters. The number of halogens is 2. The number of tetrazole rings is 1. The zero-order valence-corrected chi connectivity index (χ0v) is 11.2. The van der Waals surface area contributed by atoms with Gasteiger partial charge in [0, 0.05) is 15.1 Å². The van der Waals surface area contributed by atoms with E-state index < -0.39 is 0 Å². The highest BCUT2D eigenvalue weighted by molar-refractivity contribution is 9.10. The summed E-state index contributed by atoms with van der Waals surface area (Å²) in [7, 11) is 1.65. The molecule has 0 fully saturated rings. The zero-order valence-electron chi connectivity index (χ0n) is 8.89. The first-order valence-corrected chi connectivity index (χ1v) is 5.94. The molecular weight excluding hydrogens is 307 g/mol. The van der Waals surface area contributed by atoms with Crippen LogP contribution in [0, 0.1) is 0 Å². The van der Waals surface area contributed by atoms with Gasteiger partial charge in [-0.1, -0.05) is 27.5 Å². The van der Waals surface area contributed by atoms with Crippen molar-refractivity contribution in [2.45, 2.75) is 6.42 Å². The number of Topliss-reactive ketones (excluding diaryl/α,β-unsaturated/α-hetero) is 1. The first kappa shape index (κ1) is 12.2. The molecule has 0 saturated carbocycles. The van der Waals surface area contributed by atoms with Gasteiger partial charge in [-0.3, -0.25) is 4.79 Å². The Morgan fingerprint density at radius 2 is 2.29 bits per heavy atom. The van der Waals surface area contributed by atoms with E-state index >= 15 is 0 Å². The Bertz CT molecular complexity index is 569. The number of carbonyl (C=O) groups excluding carboxylic acids is 1. The van der Waals surface area contributed by atoms with E-state index in [4.69, 9.17) is 11.6 Å². The maximum absolute atomic E-state index is 12.0. The van der Waals surface area contributed by atoms with E-state index in [2.05, 4.69) is 31.3 Å². The maximum atomic E-state index is 12.0. The van der Waals surface area contributed by atoms with Crippen molar-refractivity contribution in [2.24, 2.45) is 7.05 Å². The Hall–Kier alpha value is -1.27. The summed E-state index contributed by atoms with van der Waals surface area (Å²) in [6.45, 7) is 0. The third-order valence-corrected chi connectivity index (χ3v) is 3.02. The van der Waals surface area contributed by atoms with Gasteiger partial charge in [0.2, 0.25) is 0 Å². The van der Waals surface area contributed by atoms with Gasteiger partial charge < -0.3 is 0 Å². The van der Waals surface area contributed by atoms with Crippen LogP contribution in [0.5, 0.6) is 0 Å². The van der Waals surface area contributed by atoms with E-state index in [9.17, 15) is 4.79 Å². The summed E-state index contributed by atoms with van der Waals surface area (Å²) in [5, 5.41) is 11.9. The van der Waals surface area contributed by atoms with Crippen molar-refractivity contribution < 1.29 is 4.79 Å². The number of ketones is 1. The van der Waals surface area contributed by atoms with Crippen LogP contribution in [0.4, 0.5) is 0 Å². The van der Waals surface area contributed by atoms with Crippen molar-refractivity contribution in [3.63, 3.8) is 0 Å². The van der Waals surface area contributed by atoms with E-state index in [1.54, 1.807) is 25.2 Å². The highest BCUT2D eigenvalue weighted by Gasteiger charge is 2.14. The quantitative estimate of drug-likeness (QED) is 0.813. The summed E-state index contributed by atoms with van der Waals surface area (Å²) in [5.41, 5.74) is 0.518. The summed E-state index contributed by atoms with van der Waals surface area (Å²) in [6.07, 6.45) is 0.104. The van der Waals surface area contributed by atoms with Crippen LogP contribution in [0.15, 0.2) is 22.7 Å². The molecule has 0 spiro atoms. The van der Waals surface area contributed by atoms with Crippen molar-refractivity contribution in [1.82, 2.24) is 20.2 Å². The molecule has 1 heterocycles. The van der Waals surface area contributed by atoms with Crippen molar-refractivity contribution in [3.05, 3.63) is 39.1 Å². The Labute approximate surface area is 111 Å². The standard InChI is InChI=1S/C10H8BrClN4O/c1-16-14-10(13-15-16)5-9(17)7-4-6(12)2-3-8(7)11/h2-4H,5H2,1H3. The Morgan fingerprint density at radius 3 is 2.94 bits per heavy atom. The van der Waals surface area contributed by atoms with E-state index in [0.717, 1.165) is 0 Å². The first-order chi connectivity index (χ1) is 8.06. The average Bonchev–Trinajstić information content (AvgIpc) is 2.67. The molecule has 0 aliphatic rings. The molecule has 2 rings (SSSR count). The smallest absolute Gasteiger partial charge is 0.182 e. The molecule has 0 saturated heterocycles. The summed E-state index contributed by atoms with van der Waals surface area (Å²) < 4.78 is 0.704. The minimum Gasteiger partial charge on any atom is -0.294 e. The molecule has 2 aromatic rings. The van der Waals surface area contributed by atoms with E-state index in [1.807, 2.05) is 0 Å². The molecule has 0 radical (unpaired) electrons. The molecule has 5 nitrogen and oxygen atoms in total. The summed E-state index contributed by atoms with van der Waals surface area (Å²) in [4.78, 5) is 13.3. The number of hydrogen-bond donors (Lipinski definition) is 0. The van der Waals surface area contributed by atoms with Crippen molar-refractivity contribution >= 4 is 33.3 Å². The van der Waals surface area contributed by atoms with E-state index in [-0.39, 0.29) is 12.2 Å². The molecule has 1 aromatic carbocycles. The van der Waals surface area contributed by atoms with Crippen LogP contribution < -0.4 is 0 Å². The van der Waals surface area contributed by atoms with Gasteiger partial charge in [-0.25, -0.2) is 0 Å². The molecule has 7 heteroatoms. The van der Waals surface area contributed by atoms with Gasteiger partial charge in [0.25, 0.3) is 0 Å². The molecule has 0 amide bonds. The van der Waals surface area contributed by atoms with Crippen molar-refractivity contribution in [3.8, 4) is 0 Å². The second-order valence-corrected chi connectivity index (χ2v) is 4.71. The number of carbonyl (C=O) groups is 1. The first-order valence-electron chi connectivity index (χ1n) is 4.77. The second kappa shape index (κ2) is 4.93. The SMILES string of the molecule is Cn1nnc(CC(=O)c2cc(Cl)ccc2Br)n1. The van der Waals surface area contributed by atoms with Gasteiger partial charge in [-0.05, 0) is 23.4 Å². The van der Waals surface area contributed by atoms with Gasteiger partial charge in [-0.15, -0.1) is 10.2 Å². The predicted octanol–water partition coefficient (Wildman–Crippen LogP) is 2.05. The number of aromatic nitrogens is 4. The summed E-state index contributed by atoms with van der Waals surface area (Å²) in [5.74, 6) is 0.289. The fourth-order valence-corrected chi connectivity index (χ4v) is 1.98. The lowest BCUT2D eigenvalue weighted by molar-refractivity contribution is 0.0990. The van der Waals surface area contributed by atoms with Gasteiger partial charge in [-0.2, -0.15) is 4.80 Å². The summed E-state index contributed by atoms with van der Waals surface area (Å²) in [6, 6.07) is 5.06. The number of rotatable bonds is 3. The Kier molecular flexibility index (Phi) is 3.54. The number of nitrogens with zero attached hydrogens (tertiary/aromatic N) is 4. The van der Waals surface area contributed by atoms with Crippen LogP contribution >= 0.6 is 27.5 Å². The minimum atomic E-state index is -0.104. The maximum Gasteiger partial charge on any atom is 0.182 e. The molecule has 17 heavy (non-hydrogen) atoms. The molecule has 0 aliphatic carbocycles. The zero-order chi connectivity index (χ0) is 12.4. The third kappa shape index (κ3) is 2.89. The number of benzene rings is 1. The highest BCUT2D eigenvalue weighted by atomic mass is 79.9. The van der Waals surface area contributed by atoms with Crippen LogP contribution in [0.1, 0.15) is 16.2 Å². The second-order valence-electron chi connectivity index (χ2n) is 3.42. The fraction of sp³-hybridized carbons (Fsp3) is 0.200. The fourth-order valence-electron chi connectivity index (χ4n) is 1.34. The third-order valence-electron chi connectivity index (χ3n) is 2.10. The molecule has 0 bridgehead atoms. The molecule has 0 atom stereocenters. The normalized spacial score (nSPS) is 10.5. The van der Waals surface area contributed by atoms with Crippen molar-refractivity contribution in [1.29, 1.82) is 0 Å². The topological polar surface area (TPSA) is 60.7 Å². The van der Waals surface area contributed by atoms with Gasteiger partial charge in [0.05, 0.1) is 13.5 Å². The molecule has 0 N–H and O–H groups in total. The molecule has 88 valence electrons. The largest absolute Gasteiger partial charge is 0.294 e. The minimum absolute atomic E-state index is 0.104. The number of hydrogen-bond acceptors (Lipinski definition) is 4. The lowest BCUT2D eigenvalue weighted by atomic mass is 10.1. The Morgan fingerprint density at radius 1 is 1.53 bits per heavy atom. The van der Waals surface area contributed by atoms with Crippen LogP contribution in [0.3, 0.4) is 0 Å². The van der Waals surface area contributed by atoms with Crippen LogP contribution in [-0.4, -0.2) is 26.0 Å². The van der Waals surface area contributed by atoms with Crippen molar-refractivity contribution in [2.75, 3.05) is 0 Å². The van der Waals surface area contributed by atoms with E-state index in [1.165, 1.54) is 4.80 Å². The lowest BCUT2D eigenvalue weighted by Crippen LogP contribution is -2.06. The number of aryl methyl sites for hydroxylation is 1. The molecule has 0 aliphatic heterocycles. The van der Waals surface area contributed by atoms with Crippen LogP contribution in [0.2, 0.25) is 5.02 Å². The average molecular weight is 316 g/mol. The van der Waals surface area contributed by atoms with Gasteiger partial charge in [0.15, 0.2) is 11.6 Å². The van der Waals surface area contributed by atoms with E-state index in [0.29, 0.717) is 20.9 Å². The Balaban J connectivity index is 2.22. The lowest BCUT2D eigenvalue weighted by Gasteiger charge is -2.02. The van der Waals surface area contributed by atoms with Crippen LogP contribution in [-0.2, 0) is 13.5 Å².